The summed E-state index contributed by atoms with van der Waals surface area (Å²) in [7, 11) is 0. The van der Waals surface area contributed by atoms with Gasteiger partial charge in [-0.1, -0.05) is 18.5 Å². The van der Waals surface area contributed by atoms with Crippen LogP contribution in [0.25, 0.3) is 22.4 Å². The summed E-state index contributed by atoms with van der Waals surface area (Å²) in [5.74, 6) is -0.818. The van der Waals surface area contributed by atoms with Crippen molar-refractivity contribution < 1.29 is 32.3 Å². The third-order valence-electron chi connectivity index (χ3n) is 9.54. The molecule has 2 N–H and O–H groups in total. The smallest absolute Gasteiger partial charge is 0.416 e. The number of alkyl halides is 3. The van der Waals surface area contributed by atoms with Crippen molar-refractivity contribution in [1.29, 1.82) is 0 Å². The molecular formula is C34H32ClF3N8O5. The van der Waals surface area contributed by atoms with E-state index in [9.17, 15) is 32.7 Å². The highest BCUT2D eigenvalue weighted by Crippen LogP contribution is 2.38. The number of aromatic hydroxyl groups is 1. The molecule has 1 saturated heterocycles. The van der Waals surface area contributed by atoms with Crippen LogP contribution in [0.5, 0.6) is 5.75 Å². The van der Waals surface area contributed by atoms with Crippen LogP contribution in [0.3, 0.4) is 0 Å². The second-order valence-electron chi connectivity index (χ2n) is 12.7. The number of rotatable bonds is 6. The lowest BCUT2D eigenvalue weighted by Crippen LogP contribution is -2.60. The zero-order valence-corrected chi connectivity index (χ0v) is 28.5. The van der Waals surface area contributed by atoms with Gasteiger partial charge in [-0.05, 0) is 57.7 Å². The minimum absolute atomic E-state index is 0.00491. The number of aryl methyl sites for hydroxylation is 2. The molecule has 17 heteroatoms. The molecule has 0 radical (unpaired) electrons. The van der Waals surface area contributed by atoms with E-state index in [1.54, 1.807) is 29.4 Å². The number of pyridine rings is 1. The molecule has 51 heavy (non-hydrogen) atoms. The van der Waals surface area contributed by atoms with Gasteiger partial charge in [0, 0.05) is 30.9 Å². The van der Waals surface area contributed by atoms with E-state index in [-0.39, 0.29) is 82.9 Å². The van der Waals surface area contributed by atoms with Crippen LogP contribution in [0, 0.1) is 13.8 Å². The summed E-state index contributed by atoms with van der Waals surface area (Å²) >= 11 is 6.14. The molecule has 5 heterocycles. The minimum atomic E-state index is -4.62. The van der Waals surface area contributed by atoms with Crippen molar-refractivity contribution in [1.82, 2.24) is 29.4 Å². The first kappa shape index (κ1) is 34.2. The first-order chi connectivity index (χ1) is 24.3. The number of halogens is 4. The highest BCUT2D eigenvalue weighted by atomic mass is 35.5. The van der Waals surface area contributed by atoms with Crippen molar-refractivity contribution in [3.63, 3.8) is 0 Å². The molecule has 1 saturated carbocycles. The Morgan fingerprint density at radius 1 is 1.10 bits per heavy atom. The molecule has 0 spiro atoms. The first-order valence-corrected chi connectivity index (χ1v) is 16.7. The fraction of sp³-hybridized carbons (Fsp3) is 0.382. The van der Waals surface area contributed by atoms with Crippen LogP contribution in [0.2, 0.25) is 5.02 Å². The Balaban J connectivity index is 1.30. The van der Waals surface area contributed by atoms with Crippen LogP contribution in [0.4, 0.5) is 24.5 Å². The Kier molecular flexibility index (Phi) is 8.60. The van der Waals surface area contributed by atoms with Gasteiger partial charge in [0.05, 0.1) is 28.0 Å². The highest BCUT2D eigenvalue weighted by Gasteiger charge is 2.44. The van der Waals surface area contributed by atoms with Gasteiger partial charge < -0.3 is 29.2 Å². The van der Waals surface area contributed by atoms with Crippen LogP contribution in [-0.4, -0.2) is 71.5 Å². The van der Waals surface area contributed by atoms with E-state index >= 15 is 0 Å². The van der Waals surface area contributed by atoms with Crippen LogP contribution in [0.1, 0.15) is 59.4 Å². The third-order valence-corrected chi connectivity index (χ3v) is 9.86. The molecule has 2 aliphatic rings. The second kappa shape index (κ2) is 12.8. The predicted molar refractivity (Wildman–Crippen MR) is 181 cm³/mol. The quantitative estimate of drug-likeness (QED) is 0.232. The van der Waals surface area contributed by atoms with Crippen molar-refractivity contribution in [2.75, 3.05) is 23.3 Å². The molecule has 2 amide bonds. The second-order valence-corrected chi connectivity index (χ2v) is 13.1. The van der Waals surface area contributed by atoms with Gasteiger partial charge >= 0.3 is 6.18 Å². The first-order valence-electron chi connectivity index (χ1n) is 16.3. The van der Waals surface area contributed by atoms with E-state index < -0.39 is 29.0 Å². The maximum absolute atomic E-state index is 14.5. The molecule has 5 aromatic rings. The van der Waals surface area contributed by atoms with Crippen LogP contribution >= 0.6 is 11.6 Å². The molecule has 1 aromatic carbocycles. The number of nitrogens with one attached hydrogen (secondary N) is 1. The van der Waals surface area contributed by atoms with E-state index in [1.807, 2.05) is 11.8 Å². The zero-order valence-electron chi connectivity index (χ0n) is 27.7. The average Bonchev–Trinajstić information content (AvgIpc) is 3.72. The van der Waals surface area contributed by atoms with Crippen molar-refractivity contribution in [2.45, 2.75) is 71.3 Å². The van der Waals surface area contributed by atoms with E-state index in [1.165, 1.54) is 6.33 Å². The number of carbonyl (C=O) groups is 2. The van der Waals surface area contributed by atoms with Gasteiger partial charge in [0.15, 0.2) is 22.6 Å². The van der Waals surface area contributed by atoms with Gasteiger partial charge in [0.2, 0.25) is 17.0 Å². The maximum atomic E-state index is 14.5. The summed E-state index contributed by atoms with van der Waals surface area (Å²) in [6.45, 7) is 5.24. The van der Waals surface area contributed by atoms with Gasteiger partial charge in [0.25, 0.3) is 5.91 Å². The number of piperazine rings is 1. The Morgan fingerprint density at radius 2 is 1.86 bits per heavy atom. The van der Waals surface area contributed by atoms with Gasteiger partial charge in [-0.15, -0.1) is 0 Å². The number of nitrogens with zero attached hydrogens (tertiary/aromatic N) is 7. The number of furan rings is 1. The van der Waals surface area contributed by atoms with Crippen LogP contribution in [-0.2, 0) is 23.9 Å². The van der Waals surface area contributed by atoms with Crippen LogP contribution < -0.4 is 15.6 Å². The topological polar surface area (TPSA) is 160 Å². The molecule has 2 atom stereocenters. The van der Waals surface area contributed by atoms with Crippen LogP contribution in [0.15, 0.2) is 39.8 Å². The SMILES string of the molecule is CCc1c(N2CCN(C(=O)c3ncnc(C)c3O)[C@H]3CCC[C@@H]32)c(=O)c2nc3cc(C)oc3nc2n1CC(=O)Nc1ccc(C(F)(F)F)cc1Cl. The number of hydrogen-bond donors (Lipinski definition) is 2. The Bertz CT molecular complexity index is 2290. The largest absolute Gasteiger partial charge is 0.504 e. The Labute approximate surface area is 293 Å². The van der Waals surface area contributed by atoms with E-state index in [0.717, 1.165) is 24.6 Å². The number of benzene rings is 1. The lowest BCUT2D eigenvalue weighted by molar-refractivity contribution is -0.137. The zero-order chi connectivity index (χ0) is 36.4. The van der Waals surface area contributed by atoms with Crippen molar-refractivity contribution in [3.05, 3.63) is 74.2 Å². The number of anilines is 2. The van der Waals surface area contributed by atoms with Crippen molar-refractivity contribution in [3.8, 4) is 5.75 Å². The highest BCUT2D eigenvalue weighted by molar-refractivity contribution is 6.33. The van der Waals surface area contributed by atoms with E-state index in [2.05, 4.69) is 25.3 Å². The lowest BCUT2D eigenvalue weighted by atomic mass is 10.0. The summed E-state index contributed by atoms with van der Waals surface area (Å²) in [5.41, 5.74) is 0.252. The number of fused-ring (bicyclic) bond motifs is 3. The number of hydrogen-bond acceptors (Lipinski definition) is 10. The third kappa shape index (κ3) is 6.00. The molecule has 4 aromatic heterocycles. The fourth-order valence-electron chi connectivity index (χ4n) is 7.24. The molecule has 7 rings (SSSR count). The van der Waals surface area contributed by atoms with Gasteiger partial charge in [-0.3, -0.25) is 14.4 Å². The molecule has 0 bridgehead atoms. The van der Waals surface area contributed by atoms with Gasteiger partial charge in [0.1, 0.15) is 29.8 Å². The van der Waals surface area contributed by atoms with Gasteiger partial charge in [-0.25, -0.2) is 15.0 Å². The molecule has 1 aliphatic heterocycles. The summed E-state index contributed by atoms with van der Waals surface area (Å²) in [6.07, 6.45) is -0.990. The van der Waals surface area contributed by atoms with Crippen molar-refractivity contribution in [2.24, 2.45) is 0 Å². The van der Waals surface area contributed by atoms with E-state index in [0.29, 0.717) is 35.5 Å². The molecule has 2 fully saturated rings. The lowest BCUT2D eigenvalue weighted by Gasteiger charge is -2.46. The number of aromatic nitrogens is 5. The summed E-state index contributed by atoms with van der Waals surface area (Å²) < 4.78 is 47.0. The summed E-state index contributed by atoms with van der Waals surface area (Å²) in [4.78, 5) is 62.8. The Hall–Kier alpha value is -5.25. The maximum Gasteiger partial charge on any atom is 0.416 e. The molecule has 1 aliphatic carbocycles. The normalized spacial score (nSPS) is 17.7. The minimum Gasteiger partial charge on any atom is -0.504 e. The van der Waals surface area contributed by atoms with Crippen molar-refractivity contribution >= 4 is 57.2 Å². The number of amides is 2. The average molecular weight is 725 g/mol. The standard InChI is InChI=1S/C34H32ClF3N8O5/c1-4-22-28(44-10-11-45(24-7-5-6-23(24)44)33(50)27-29(48)17(3)39-15-40-27)30(49)26-31(43-32-21(42-26)12-16(2)51-32)46(22)14-25(47)41-20-9-8-18(13-19(20)35)34(36,37)38/h8-9,12-13,15,23-24,48H,4-7,10-11,14H2,1-3H3,(H,41,47)/t23-,24-/m0/s1. The monoisotopic (exact) mass is 724 g/mol. The van der Waals surface area contributed by atoms with E-state index in [4.69, 9.17) is 16.0 Å². The molecular weight excluding hydrogens is 693 g/mol. The number of carbonyl (C=O) groups excluding carboxylic acids is 2. The Morgan fingerprint density at radius 3 is 2.59 bits per heavy atom. The predicted octanol–water partition coefficient (Wildman–Crippen LogP) is 5.41. The summed E-state index contributed by atoms with van der Waals surface area (Å²) in [6, 6.07) is 3.72. The fourth-order valence-corrected chi connectivity index (χ4v) is 7.47. The molecule has 266 valence electrons. The van der Waals surface area contributed by atoms with Gasteiger partial charge in [-0.2, -0.15) is 18.2 Å². The summed E-state index contributed by atoms with van der Waals surface area (Å²) in [5, 5.41) is 12.9. The molecule has 0 unspecified atom stereocenters. The molecule has 13 nitrogen and oxygen atoms in total.